The van der Waals surface area contributed by atoms with E-state index in [1.165, 1.54) is 6.07 Å². The Bertz CT molecular complexity index is 1140. The number of rotatable bonds is 5. The Morgan fingerprint density at radius 1 is 1.15 bits per heavy atom. The van der Waals surface area contributed by atoms with Gasteiger partial charge in [0.15, 0.2) is 11.5 Å². The molecule has 1 aromatic heterocycles. The number of aromatic amines is 1. The summed E-state index contributed by atoms with van der Waals surface area (Å²) in [6, 6.07) is 3.94. The zero-order valence-corrected chi connectivity index (χ0v) is 21.5. The van der Waals surface area contributed by atoms with E-state index in [0.717, 1.165) is 36.9 Å². The molecule has 34 heavy (non-hydrogen) atoms. The molecule has 1 fully saturated rings. The van der Waals surface area contributed by atoms with Crippen molar-refractivity contribution in [3.63, 3.8) is 0 Å². The molecule has 1 aliphatic heterocycles. The number of hydrogen-bond acceptors (Lipinski definition) is 5. The summed E-state index contributed by atoms with van der Waals surface area (Å²) in [5.74, 6) is 0.598. The van der Waals surface area contributed by atoms with Gasteiger partial charge in [0.25, 0.3) is 11.5 Å². The molecule has 2 heterocycles. The van der Waals surface area contributed by atoms with Crippen molar-refractivity contribution in [2.24, 2.45) is 5.92 Å². The SMILES string of the molecule is Cc1cc(C)c(CNC(=O)c2cc(Cl)c3c(c2Cl)O[C@@H]([C@H]2CC[C@@H](N(C)C)CC2)CO3)c(=O)[nH]1. The summed E-state index contributed by atoms with van der Waals surface area (Å²) in [4.78, 5) is 30.3. The third kappa shape index (κ3) is 5.07. The van der Waals surface area contributed by atoms with Gasteiger partial charge in [-0.2, -0.15) is 0 Å². The average molecular weight is 508 g/mol. The second-order valence-corrected chi connectivity index (χ2v) is 10.3. The summed E-state index contributed by atoms with van der Waals surface area (Å²) in [5, 5.41) is 3.21. The lowest BCUT2D eigenvalue weighted by Gasteiger charge is -2.38. The van der Waals surface area contributed by atoms with E-state index in [9.17, 15) is 9.59 Å². The Kier molecular flexibility index (Phi) is 7.45. The van der Waals surface area contributed by atoms with Gasteiger partial charge in [-0.3, -0.25) is 9.59 Å². The highest BCUT2D eigenvalue weighted by atomic mass is 35.5. The molecule has 184 valence electrons. The number of nitrogens with one attached hydrogen (secondary N) is 2. The van der Waals surface area contributed by atoms with Gasteiger partial charge in [0.1, 0.15) is 12.7 Å². The van der Waals surface area contributed by atoms with Crippen molar-refractivity contribution >= 4 is 29.1 Å². The van der Waals surface area contributed by atoms with Crippen molar-refractivity contribution in [2.45, 2.75) is 58.2 Å². The summed E-state index contributed by atoms with van der Waals surface area (Å²) >= 11 is 13.1. The fourth-order valence-electron chi connectivity index (χ4n) is 4.93. The van der Waals surface area contributed by atoms with Crippen molar-refractivity contribution in [3.05, 3.63) is 54.9 Å². The molecule has 9 heteroatoms. The van der Waals surface area contributed by atoms with E-state index in [2.05, 4.69) is 29.3 Å². The fourth-order valence-corrected chi connectivity index (χ4v) is 5.45. The summed E-state index contributed by atoms with van der Waals surface area (Å²) in [6.45, 7) is 4.13. The average Bonchev–Trinajstić information content (AvgIpc) is 2.80. The third-order valence-electron chi connectivity index (χ3n) is 6.95. The number of ether oxygens (including phenoxy) is 2. The molecule has 1 amide bonds. The molecule has 1 saturated carbocycles. The maximum absolute atomic E-state index is 13.0. The number of carbonyl (C=O) groups is 1. The second-order valence-electron chi connectivity index (χ2n) is 9.50. The van der Waals surface area contributed by atoms with Gasteiger partial charge in [-0.1, -0.05) is 23.2 Å². The molecule has 7 nitrogen and oxygen atoms in total. The molecule has 0 bridgehead atoms. The lowest BCUT2D eigenvalue weighted by molar-refractivity contribution is 0.0246. The Hall–Kier alpha value is -2.22. The summed E-state index contributed by atoms with van der Waals surface area (Å²) in [7, 11) is 4.23. The molecular weight excluding hydrogens is 477 g/mol. The molecule has 0 saturated heterocycles. The van der Waals surface area contributed by atoms with E-state index in [-0.39, 0.29) is 33.8 Å². The highest BCUT2D eigenvalue weighted by Crippen LogP contribution is 2.47. The van der Waals surface area contributed by atoms with Crippen LogP contribution in [0.1, 0.15) is 52.9 Å². The number of carbonyl (C=O) groups excluding carboxylic acids is 1. The zero-order valence-electron chi connectivity index (χ0n) is 20.0. The van der Waals surface area contributed by atoms with Gasteiger partial charge in [0.2, 0.25) is 0 Å². The molecule has 1 aliphatic carbocycles. The normalized spacial score (nSPS) is 22.0. The van der Waals surface area contributed by atoms with E-state index < -0.39 is 5.91 Å². The van der Waals surface area contributed by atoms with Crippen LogP contribution >= 0.6 is 23.2 Å². The smallest absolute Gasteiger partial charge is 0.253 e. The minimum absolute atomic E-state index is 0.0699. The van der Waals surface area contributed by atoms with E-state index >= 15 is 0 Å². The number of aryl methyl sites for hydroxylation is 2. The summed E-state index contributed by atoms with van der Waals surface area (Å²) < 4.78 is 12.2. The Labute approximate surface area is 209 Å². The predicted molar refractivity (Wildman–Crippen MR) is 134 cm³/mol. The standard InChI is InChI=1S/C25H31Cl2N3O4/c1-13-9-14(2)29-25(32)18(13)11-28-24(31)17-10-19(26)22-23(21(17)27)34-20(12-33-22)15-5-7-16(8-6-15)30(3)4/h9-10,15-16,20H,5-8,11-12H2,1-4H3,(H,28,31)(H,29,32)/t15-,16+,20-/m1/s1. The summed E-state index contributed by atoms with van der Waals surface area (Å²) in [6.07, 6.45) is 4.17. The molecule has 2 aromatic rings. The Morgan fingerprint density at radius 3 is 2.50 bits per heavy atom. The third-order valence-corrected chi connectivity index (χ3v) is 7.61. The second kappa shape index (κ2) is 10.2. The first-order valence-corrected chi connectivity index (χ1v) is 12.4. The van der Waals surface area contributed by atoms with Gasteiger partial charge in [-0.15, -0.1) is 0 Å². The topological polar surface area (TPSA) is 83.7 Å². The molecule has 1 aromatic carbocycles. The van der Waals surface area contributed by atoms with Crippen LogP contribution in [0.2, 0.25) is 10.0 Å². The first-order valence-electron chi connectivity index (χ1n) is 11.6. The van der Waals surface area contributed by atoms with E-state index in [0.29, 0.717) is 35.6 Å². The van der Waals surface area contributed by atoms with E-state index in [1.54, 1.807) is 0 Å². The van der Waals surface area contributed by atoms with Crippen LogP contribution in [-0.4, -0.2) is 48.6 Å². The van der Waals surface area contributed by atoms with Gasteiger partial charge < -0.3 is 24.7 Å². The van der Waals surface area contributed by atoms with Gasteiger partial charge in [0.05, 0.1) is 15.6 Å². The minimum Gasteiger partial charge on any atom is -0.484 e. The number of H-pyrrole nitrogens is 1. The maximum atomic E-state index is 13.0. The molecule has 2 aliphatic rings. The largest absolute Gasteiger partial charge is 0.484 e. The lowest BCUT2D eigenvalue weighted by atomic mass is 9.82. The fraction of sp³-hybridized carbons (Fsp3) is 0.520. The number of hydrogen-bond donors (Lipinski definition) is 2. The van der Waals surface area contributed by atoms with Crippen molar-refractivity contribution in [1.82, 2.24) is 15.2 Å². The van der Waals surface area contributed by atoms with Crippen LogP contribution < -0.4 is 20.3 Å². The number of fused-ring (bicyclic) bond motifs is 1. The van der Waals surface area contributed by atoms with Gasteiger partial charge in [0, 0.05) is 23.8 Å². The number of amides is 1. The van der Waals surface area contributed by atoms with Crippen molar-refractivity contribution in [3.8, 4) is 11.5 Å². The van der Waals surface area contributed by atoms with Gasteiger partial charge in [-0.05, 0) is 77.2 Å². The number of benzene rings is 1. The molecule has 0 radical (unpaired) electrons. The number of halogens is 2. The van der Waals surface area contributed by atoms with Crippen molar-refractivity contribution < 1.29 is 14.3 Å². The quantitative estimate of drug-likeness (QED) is 0.622. The number of pyridine rings is 1. The maximum Gasteiger partial charge on any atom is 0.253 e. The predicted octanol–water partition coefficient (Wildman–Crippen LogP) is 4.49. The van der Waals surface area contributed by atoms with Crippen LogP contribution in [0.5, 0.6) is 11.5 Å². The lowest BCUT2D eigenvalue weighted by Crippen LogP contribution is -2.41. The first kappa shape index (κ1) is 24.9. The number of nitrogens with zero attached hydrogens (tertiary/aromatic N) is 1. The monoisotopic (exact) mass is 507 g/mol. The highest BCUT2D eigenvalue weighted by molar-refractivity contribution is 6.38. The molecule has 0 unspecified atom stereocenters. The van der Waals surface area contributed by atoms with Crippen LogP contribution in [-0.2, 0) is 6.54 Å². The van der Waals surface area contributed by atoms with Crippen LogP contribution in [0.3, 0.4) is 0 Å². The van der Waals surface area contributed by atoms with Gasteiger partial charge in [-0.25, -0.2) is 0 Å². The molecule has 2 N–H and O–H groups in total. The zero-order chi connectivity index (χ0) is 24.6. The van der Waals surface area contributed by atoms with E-state index in [4.69, 9.17) is 32.7 Å². The Balaban J connectivity index is 1.50. The van der Waals surface area contributed by atoms with Crippen LogP contribution in [0, 0.1) is 19.8 Å². The van der Waals surface area contributed by atoms with Crippen LogP contribution in [0.25, 0.3) is 0 Å². The number of aromatic nitrogens is 1. The molecular formula is C25H31Cl2N3O4. The first-order chi connectivity index (χ1) is 16.2. The van der Waals surface area contributed by atoms with Crippen LogP contribution in [0.4, 0.5) is 0 Å². The summed E-state index contributed by atoms with van der Waals surface area (Å²) in [5.41, 5.74) is 2.03. The van der Waals surface area contributed by atoms with Crippen LogP contribution in [0.15, 0.2) is 16.9 Å². The van der Waals surface area contributed by atoms with Crippen molar-refractivity contribution in [2.75, 3.05) is 20.7 Å². The van der Waals surface area contributed by atoms with Gasteiger partial charge >= 0.3 is 0 Å². The molecule has 4 rings (SSSR count). The van der Waals surface area contributed by atoms with Crippen molar-refractivity contribution in [1.29, 1.82) is 0 Å². The molecule has 1 atom stereocenters. The van der Waals surface area contributed by atoms with E-state index in [1.807, 2.05) is 19.9 Å². The Morgan fingerprint density at radius 2 is 1.85 bits per heavy atom. The minimum atomic E-state index is -0.439. The molecule has 0 spiro atoms. The highest BCUT2D eigenvalue weighted by Gasteiger charge is 2.35.